The Bertz CT molecular complexity index is 1160. The van der Waals surface area contributed by atoms with E-state index in [1.165, 1.54) is 33.3 Å². The summed E-state index contributed by atoms with van der Waals surface area (Å²) in [6.07, 6.45) is 2.07. The van der Waals surface area contributed by atoms with Gasteiger partial charge in [-0.15, -0.1) is 0 Å². The molecular weight excluding hydrogens is 392 g/mol. The van der Waals surface area contributed by atoms with Gasteiger partial charge in [-0.05, 0) is 39.8 Å². The van der Waals surface area contributed by atoms with Crippen molar-refractivity contribution >= 4 is 27.9 Å². The molecule has 2 heterocycles. The molecule has 1 atom stereocenters. The normalized spacial score (nSPS) is 13.5. The molecule has 30 heavy (non-hydrogen) atoms. The fourth-order valence-electron chi connectivity index (χ4n) is 2.91. The second-order valence-corrected chi connectivity index (χ2v) is 7.35. The predicted octanol–water partition coefficient (Wildman–Crippen LogP) is 3.58. The van der Waals surface area contributed by atoms with Crippen LogP contribution in [0.1, 0.15) is 27.7 Å². The molecule has 0 aliphatic heterocycles. The highest BCUT2D eigenvalue weighted by molar-refractivity contribution is 6.06. The summed E-state index contributed by atoms with van der Waals surface area (Å²) in [6.45, 7) is 6.14. The second kappa shape index (κ2) is 8.23. The Hall–Kier alpha value is -3.26. The van der Waals surface area contributed by atoms with Gasteiger partial charge in [0.2, 0.25) is 5.75 Å². The van der Waals surface area contributed by atoms with E-state index in [9.17, 15) is 14.7 Å². The van der Waals surface area contributed by atoms with E-state index in [1.54, 1.807) is 32.1 Å². The van der Waals surface area contributed by atoms with Crippen molar-refractivity contribution in [3.05, 3.63) is 46.5 Å². The monoisotopic (exact) mass is 416 g/mol. The average molecular weight is 416 g/mol. The van der Waals surface area contributed by atoms with Crippen LogP contribution in [0.5, 0.6) is 11.5 Å². The number of carbonyl (C=O) groups excluding carboxylic acids is 1. The molecule has 0 bridgehead atoms. The van der Waals surface area contributed by atoms with Gasteiger partial charge < -0.3 is 28.2 Å². The number of benzene rings is 1. The summed E-state index contributed by atoms with van der Waals surface area (Å²) in [6, 6.07) is 4.55. The van der Waals surface area contributed by atoms with Crippen LogP contribution in [0.15, 0.2) is 49.7 Å². The molecule has 0 amide bonds. The number of aliphatic hydroxyl groups is 1. The molecule has 1 aromatic carbocycles. The summed E-state index contributed by atoms with van der Waals surface area (Å²) in [4.78, 5) is 24.1. The first-order valence-corrected chi connectivity index (χ1v) is 9.37. The topological polar surface area (TPSA) is 108 Å². The Balaban J connectivity index is 2.05. The van der Waals surface area contributed by atoms with Crippen molar-refractivity contribution in [2.75, 3.05) is 13.7 Å². The van der Waals surface area contributed by atoms with Gasteiger partial charge in [-0.3, -0.25) is 0 Å². The molecular formula is C22H24O8. The molecule has 1 N–H and O–H groups in total. The number of rotatable bonds is 7. The summed E-state index contributed by atoms with van der Waals surface area (Å²) in [7, 11) is 1.50. The highest BCUT2D eigenvalue weighted by Crippen LogP contribution is 2.42. The van der Waals surface area contributed by atoms with Gasteiger partial charge in [0.1, 0.15) is 12.4 Å². The maximum Gasteiger partial charge on any atom is 0.336 e. The lowest BCUT2D eigenvalue weighted by Gasteiger charge is -2.29. The first kappa shape index (κ1) is 21.4. The molecule has 0 saturated carbocycles. The van der Waals surface area contributed by atoms with Crippen LogP contribution in [-0.2, 0) is 9.53 Å². The van der Waals surface area contributed by atoms with E-state index in [4.69, 9.17) is 23.0 Å². The number of carbonyl (C=O) groups is 1. The van der Waals surface area contributed by atoms with E-state index in [-0.39, 0.29) is 17.9 Å². The summed E-state index contributed by atoms with van der Waals surface area (Å²) in [5, 5.41) is 11.6. The number of furan rings is 1. The van der Waals surface area contributed by atoms with E-state index >= 15 is 0 Å². The zero-order valence-electron chi connectivity index (χ0n) is 17.5. The number of esters is 1. The van der Waals surface area contributed by atoms with Gasteiger partial charge in [-0.1, -0.05) is 6.08 Å². The van der Waals surface area contributed by atoms with Gasteiger partial charge in [0, 0.05) is 11.6 Å². The SMILES string of the molecule is CC=C(C)C(=O)O[C@H](COc1c2occc2c(OC)c2ccc(=O)oc12)C(C)(C)O. The third-order valence-electron chi connectivity index (χ3n) is 4.78. The first-order valence-electron chi connectivity index (χ1n) is 9.37. The molecule has 0 radical (unpaired) electrons. The zero-order valence-corrected chi connectivity index (χ0v) is 17.5. The van der Waals surface area contributed by atoms with Crippen LogP contribution < -0.4 is 15.1 Å². The number of ether oxygens (including phenoxy) is 3. The van der Waals surface area contributed by atoms with Crippen molar-refractivity contribution in [1.29, 1.82) is 0 Å². The third kappa shape index (κ3) is 4.04. The summed E-state index contributed by atoms with van der Waals surface area (Å²) < 4.78 is 27.7. The van der Waals surface area contributed by atoms with Crippen LogP contribution in [0.25, 0.3) is 21.9 Å². The van der Waals surface area contributed by atoms with Crippen molar-refractivity contribution in [2.45, 2.75) is 39.4 Å². The number of hydrogen-bond acceptors (Lipinski definition) is 8. The van der Waals surface area contributed by atoms with Gasteiger partial charge in [-0.25, -0.2) is 9.59 Å². The Labute approximate surface area is 172 Å². The summed E-state index contributed by atoms with van der Waals surface area (Å²) in [5.41, 5.74) is -1.13. The van der Waals surface area contributed by atoms with Crippen LogP contribution in [0.4, 0.5) is 0 Å². The van der Waals surface area contributed by atoms with Gasteiger partial charge in [-0.2, -0.15) is 0 Å². The molecule has 0 unspecified atom stereocenters. The van der Waals surface area contributed by atoms with E-state index < -0.39 is 23.3 Å². The van der Waals surface area contributed by atoms with Crippen LogP contribution in [0.3, 0.4) is 0 Å². The molecule has 3 rings (SSSR count). The largest absolute Gasteiger partial charge is 0.495 e. The van der Waals surface area contributed by atoms with Crippen molar-refractivity contribution in [3.63, 3.8) is 0 Å². The molecule has 0 aliphatic rings. The summed E-state index contributed by atoms with van der Waals surface area (Å²) >= 11 is 0. The highest BCUT2D eigenvalue weighted by atomic mass is 16.6. The van der Waals surface area contributed by atoms with E-state index in [2.05, 4.69) is 0 Å². The molecule has 160 valence electrons. The van der Waals surface area contributed by atoms with E-state index in [0.29, 0.717) is 27.7 Å². The molecule has 2 aromatic heterocycles. The molecule has 0 saturated heterocycles. The maximum atomic E-state index is 12.2. The van der Waals surface area contributed by atoms with Crippen LogP contribution in [-0.4, -0.2) is 36.5 Å². The fraction of sp³-hybridized carbons (Fsp3) is 0.364. The number of fused-ring (bicyclic) bond motifs is 2. The molecule has 8 nitrogen and oxygen atoms in total. The number of hydrogen-bond donors (Lipinski definition) is 1. The predicted molar refractivity (Wildman–Crippen MR) is 110 cm³/mol. The van der Waals surface area contributed by atoms with Crippen molar-refractivity contribution in [1.82, 2.24) is 0 Å². The minimum Gasteiger partial charge on any atom is -0.495 e. The van der Waals surface area contributed by atoms with E-state index in [0.717, 1.165) is 0 Å². The molecule has 3 aromatic rings. The van der Waals surface area contributed by atoms with Crippen LogP contribution in [0.2, 0.25) is 0 Å². The quantitative estimate of drug-likeness (QED) is 0.354. The Morgan fingerprint density at radius 1 is 1.20 bits per heavy atom. The number of allylic oxidation sites excluding steroid dienone is 1. The van der Waals surface area contributed by atoms with E-state index in [1.807, 2.05) is 0 Å². The van der Waals surface area contributed by atoms with Gasteiger partial charge in [0.15, 0.2) is 17.3 Å². The fourth-order valence-corrected chi connectivity index (χ4v) is 2.91. The standard InChI is InChI=1S/C22H24O8/c1-6-12(2)21(24)29-15(22(3,4)25)11-28-20-18-14(9-10-27-18)17(26-5)13-7-8-16(23)30-19(13)20/h6-10,15,25H,11H2,1-5H3/t15-/m1/s1. The molecule has 0 fully saturated rings. The summed E-state index contributed by atoms with van der Waals surface area (Å²) in [5.74, 6) is 0.0538. The lowest BCUT2D eigenvalue weighted by Crippen LogP contribution is -2.44. The van der Waals surface area contributed by atoms with Crippen LogP contribution in [0, 0.1) is 0 Å². The Kier molecular flexibility index (Phi) is 5.89. The Morgan fingerprint density at radius 2 is 1.90 bits per heavy atom. The minimum absolute atomic E-state index is 0.132. The van der Waals surface area contributed by atoms with Crippen molar-refractivity contribution in [3.8, 4) is 11.5 Å². The molecule has 0 spiro atoms. The highest BCUT2D eigenvalue weighted by Gasteiger charge is 2.33. The van der Waals surface area contributed by atoms with Gasteiger partial charge >= 0.3 is 11.6 Å². The zero-order chi connectivity index (χ0) is 22.1. The smallest absolute Gasteiger partial charge is 0.336 e. The number of methoxy groups -OCH3 is 1. The molecule has 0 aliphatic carbocycles. The third-order valence-corrected chi connectivity index (χ3v) is 4.78. The minimum atomic E-state index is -1.39. The maximum absolute atomic E-state index is 12.2. The first-order chi connectivity index (χ1) is 14.2. The average Bonchev–Trinajstić information content (AvgIpc) is 3.17. The lowest BCUT2D eigenvalue weighted by molar-refractivity contribution is -0.160. The van der Waals surface area contributed by atoms with Crippen molar-refractivity contribution < 1.29 is 32.9 Å². The lowest BCUT2D eigenvalue weighted by atomic mass is 10.0. The van der Waals surface area contributed by atoms with Gasteiger partial charge in [0.25, 0.3) is 0 Å². The van der Waals surface area contributed by atoms with Gasteiger partial charge in [0.05, 0.1) is 29.7 Å². The van der Waals surface area contributed by atoms with Crippen molar-refractivity contribution in [2.24, 2.45) is 0 Å². The Morgan fingerprint density at radius 3 is 2.53 bits per heavy atom. The van der Waals surface area contributed by atoms with Crippen LogP contribution >= 0.6 is 0 Å². The molecule has 8 heteroatoms. The second-order valence-electron chi connectivity index (χ2n) is 7.35.